The van der Waals surface area contributed by atoms with E-state index in [1.165, 1.54) is 18.4 Å². The molecule has 0 saturated carbocycles. The third kappa shape index (κ3) is 3.56. The van der Waals surface area contributed by atoms with Crippen LogP contribution < -0.4 is 4.90 Å². The standard InChI is InChI=1S/C14H24N4O3S/c1-5-12-10(2)6-15-14(16-12)18-7-11(13(19)8-18)9-22(20,21)17(3)4/h6,11,13,19H,5,7-9H2,1-4H3. The van der Waals surface area contributed by atoms with Crippen LogP contribution in [0.4, 0.5) is 5.95 Å². The van der Waals surface area contributed by atoms with Crippen molar-refractivity contribution in [3.63, 3.8) is 0 Å². The van der Waals surface area contributed by atoms with Gasteiger partial charge in [0.25, 0.3) is 0 Å². The molecule has 2 atom stereocenters. The molecule has 1 saturated heterocycles. The van der Waals surface area contributed by atoms with Crippen molar-refractivity contribution in [2.45, 2.75) is 26.4 Å². The lowest BCUT2D eigenvalue weighted by molar-refractivity contribution is 0.157. The van der Waals surface area contributed by atoms with E-state index in [4.69, 9.17) is 0 Å². The third-order valence-corrected chi connectivity index (χ3v) is 6.03. The summed E-state index contributed by atoms with van der Waals surface area (Å²) in [6.07, 6.45) is 1.90. The lowest BCUT2D eigenvalue weighted by Gasteiger charge is -2.18. The van der Waals surface area contributed by atoms with Crippen LogP contribution >= 0.6 is 0 Å². The van der Waals surface area contributed by atoms with E-state index in [1.807, 2.05) is 18.7 Å². The van der Waals surface area contributed by atoms with Crippen molar-refractivity contribution in [3.8, 4) is 0 Å². The maximum Gasteiger partial charge on any atom is 0.225 e. The topological polar surface area (TPSA) is 86.6 Å². The largest absolute Gasteiger partial charge is 0.391 e. The van der Waals surface area contributed by atoms with Gasteiger partial charge in [-0.25, -0.2) is 22.7 Å². The van der Waals surface area contributed by atoms with Crippen LogP contribution in [-0.2, 0) is 16.4 Å². The molecule has 2 heterocycles. The first-order chi connectivity index (χ1) is 10.2. The number of anilines is 1. The van der Waals surface area contributed by atoms with Crippen molar-refractivity contribution in [1.82, 2.24) is 14.3 Å². The van der Waals surface area contributed by atoms with Crippen LogP contribution in [0.2, 0.25) is 0 Å². The predicted octanol–water partition coefficient (Wildman–Crippen LogP) is 0.0359. The Morgan fingerprint density at radius 3 is 2.68 bits per heavy atom. The molecule has 1 aromatic rings. The number of rotatable bonds is 5. The van der Waals surface area contributed by atoms with Crippen molar-refractivity contribution in [2.24, 2.45) is 5.92 Å². The molecule has 1 aliphatic heterocycles. The Hall–Kier alpha value is -1.25. The number of aliphatic hydroxyl groups is 1. The first kappa shape index (κ1) is 17.1. The molecule has 0 spiro atoms. The van der Waals surface area contributed by atoms with Gasteiger partial charge < -0.3 is 10.0 Å². The van der Waals surface area contributed by atoms with Crippen LogP contribution in [0.15, 0.2) is 6.20 Å². The lowest BCUT2D eigenvalue weighted by Crippen LogP contribution is -2.33. The van der Waals surface area contributed by atoms with Crippen LogP contribution in [0.5, 0.6) is 0 Å². The Morgan fingerprint density at radius 1 is 1.41 bits per heavy atom. The molecule has 1 N–H and O–H groups in total. The smallest absolute Gasteiger partial charge is 0.225 e. The van der Waals surface area contributed by atoms with Crippen molar-refractivity contribution in [3.05, 3.63) is 17.5 Å². The molecule has 1 aliphatic rings. The molecule has 22 heavy (non-hydrogen) atoms. The lowest BCUT2D eigenvalue weighted by atomic mass is 10.1. The Bertz CT molecular complexity index is 633. The van der Waals surface area contributed by atoms with Gasteiger partial charge >= 0.3 is 0 Å². The third-order valence-electron chi connectivity index (χ3n) is 4.07. The first-order valence-electron chi connectivity index (χ1n) is 7.40. The summed E-state index contributed by atoms with van der Waals surface area (Å²) in [5.41, 5.74) is 2.02. The highest BCUT2D eigenvalue weighted by molar-refractivity contribution is 7.89. The zero-order chi connectivity index (χ0) is 16.5. The SMILES string of the molecule is CCc1nc(N2CC(O)C(CS(=O)(=O)N(C)C)C2)ncc1C. The number of hydrogen-bond donors (Lipinski definition) is 1. The van der Waals surface area contributed by atoms with Gasteiger partial charge in [0.15, 0.2) is 0 Å². The normalized spacial score (nSPS) is 22.5. The van der Waals surface area contributed by atoms with E-state index in [9.17, 15) is 13.5 Å². The molecular formula is C14H24N4O3S. The molecule has 0 radical (unpaired) electrons. The Morgan fingerprint density at radius 2 is 2.09 bits per heavy atom. The highest BCUT2D eigenvalue weighted by atomic mass is 32.2. The molecule has 8 heteroatoms. The van der Waals surface area contributed by atoms with Gasteiger partial charge in [-0.2, -0.15) is 0 Å². The van der Waals surface area contributed by atoms with E-state index in [0.717, 1.165) is 17.7 Å². The summed E-state index contributed by atoms with van der Waals surface area (Å²) >= 11 is 0. The molecule has 1 aromatic heterocycles. The van der Waals surface area contributed by atoms with E-state index in [2.05, 4.69) is 9.97 Å². The van der Waals surface area contributed by atoms with E-state index in [0.29, 0.717) is 19.0 Å². The number of aryl methyl sites for hydroxylation is 2. The summed E-state index contributed by atoms with van der Waals surface area (Å²) in [7, 11) is -0.324. The maximum absolute atomic E-state index is 12.0. The maximum atomic E-state index is 12.0. The fourth-order valence-electron chi connectivity index (χ4n) is 2.58. The van der Waals surface area contributed by atoms with Crippen LogP contribution in [0.1, 0.15) is 18.2 Å². The Kier molecular flexibility index (Phi) is 5.03. The number of nitrogens with zero attached hydrogens (tertiary/aromatic N) is 4. The van der Waals surface area contributed by atoms with Gasteiger partial charge in [-0.3, -0.25) is 0 Å². The second kappa shape index (κ2) is 6.47. The zero-order valence-corrected chi connectivity index (χ0v) is 14.3. The highest BCUT2D eigenvalue weighted by Gasteiger charge is 2.36. The Labute approximate surface area is 132 Å². The summed E-state index contributed by atoms with van der Waals surface area (Å²) in [5.74, 6) is 0.165. The van der Waals surface area contributed by atoms with Gasteiger partial charge in [0.1, 0.15) is 0 Å². The van der Waals surface area contributed by atoms with E-state index >= 15 is 0 Å². The molecule has 2 unspecified atom stereocenters. The van der Waals surface area contributed by atoms with Gasteiger partial charge in [-0.15, -0.1) is 0 Å². The van der Waals surface area contributed by atoms with E-state index in [1.54, 1.807) is 6.20 Å². The molecule has 124 valence electrons. The number of hydrogen-bond acceptors (Lipinski definition) is 6. The molecule has 0 aliphatic carbocycles. The second-order valence-electron chi connectivity index (χ2n) is 5.95. The monoisotopic (exact) mass is 328 g/mol. The summed E-state index contributed by atoms with van der Waals surface area (Å²) < 4.78 is 25.2. The van der Waals surface area contributed by atoms with Crippen LogP contribution in [0.3, 0.4) is 0 Å². The molecule has 1 fully saturated rings. The summed E-state index contributed by atoms with van der Waals surface area (Å²) in [6, 6.07) is 0. The van der Waals surface area contributed by atoms with Gasteiger partial charge in [-0.1, -0.05) is 6.92 Å². The van der Waals surface area contributed by atoms with E-state index in [-0.39, 0.29) is 11.7 Å². The number of aliphatic hydroxyl groups excluding tert-OH is 1. The fraction of sp³-hybridized carbons (Fsp3) is 0.714. The Balaban J connectivity index is 2.14. The summed E-state index contributed by atoms with van der Waals surface area (Å²) in [4.78, 5) is 10.7. The highest BCUT2D eigenvalue weighted by Crippen LogP contribution is 2.23. The van der Waals surface area contributed by atoms with Gasteiger partial charge in [-0.05, 0) is 18.9 Å². The van der Waals surface area contributed by atoms with Gasteiger partial charge in [0, 0.05) is 45.0 Å². The first-order valence-corrected chi connectivity index (χ1v) is 9.01. The predicted molar refractivity (Wildman–Crippen MR) is 85.3 cm³/mol. The van der Waals surface area contributed by atoms with Gasteiger partial charge in [0.2, 0.25) is 16.0 Å². The summed E-state index contributed by atoms with van der Waals surface area (Å²) in [5, 5.41) is 10.2. The van der Waals surface area contributed by atoms with Crippen LogP contribution in [-0.4, -0.2) is 66.8 Å². The quantitative estimate of drug-likeness (QED) is 0.821. The van der Waals surface area contributed by atoms with Crippen molar-refractivity contribution < 1.29 is 13.5 Å². The fourth-order valence-corrected chi connectivity index (χ4v) is 3.74. The van der Waals surface area contributed by atoms with Crippen LogP contribution in [0, 0.1) is 12.8 Å². The number of sulfonamides is 1. The minimum Gasteiger partial charge on any atom is -0.391 e. The minimum absolute atomic E-state index is 0.0653. The summed E-state index contributed by atoms with van der Waals surface area (Å²) in [6.45, 7) is 4.80. The molecule has 0 bridgehead atoms. The molecule has 7 nitrogen and oxygen atoms in total. The van der Waals surface area contributed by atoms with Crippen molar-refractivity contribution >= 4 is 16.0 Å². The average molecular weight is 328 g/mol. The zero-order valence-electron chi connectivity index (χ0n) is 13.5. The number of β-amino-alcohol motifs (C(OH)–C–C–N with tert-alkyl or cyclic N) is 1. The molecule has 0 amide bonds. The molecule has 2 rings (SSSR count). The van der Waals surface area contributed by atoms with Crippen molar-refractivity contribution in [2.75, 3.05) is 37.8 Å². The van der Waals surface area contributed by atoms with Crippen LogP contribution in [0.25, 0.3) is 0 Å². The van der Waals surface area contributed by atoms with Gasteiger partial charge in [0.05, 0.1) is 11.9 Å². The molecule has 0 aromatic carbocycles. The molecular weight excluding hydrogens is 304 g/mol. The minimum atomic E-state index is -3.33. The average Bonchev–Trinajstić information content (AvgIpc) is 2.80. The van der Waals surface area contributed by atoms with Crippen molar-refractivity contribution in [1.29, 1.82) is 0 Å². The number of aromatic nitrogens is 2. The second-order valence-corrected chi connectivity index (χ2v) is 8.17. The van der Waals surface area contributed by atoms with E-state index < -0.39 is 16.1 Å².